The molecule has 1 N–H and O–H groups in total. The molecule has 0 saturated heterocycles. The van der Waals surface area contributed by atoms with Crippen molar-refractivity contribution in [3.63, 3.8) is 0 Å². The Morgan fingerprint density at radius 2 is 1.79 bits per heavy atom. The summed E-state index contributed by atoms with van der Waals surface area (Å²) >= 11 is 0. The van der Waals surface area contributed by atoms with Crippen LogP contribution in [0.15, 0.2) is 88.9 Å². The van der Waals surface area contributed by atoms with E-state index in [1.54, 1.807) is 23.8 Å². The average molecular weight is 537 g/mol. The van der Waals surface area contributed by atoms with E-state index in [9.17, 15) is 13.2 Å². The summed E-state index contributed by atoms with van der Waals surface area (Å²) in [4.78, 5) is 30.5. The number of anilines is 1. The maximum Gasteiger partial charge on any atom is 0.263 e. The summed E-state index contributed by atoms with van der Waals surface area (Å²) < 4.78 is 26.0. The summed E-state index contributed by atoms with van der Waals surface area (Å²) in [5, 5.41) is 4.41. The van der Waals surface area contributed by atoms with Crippen LogP contribution < -0.4 is 10.9 Å². The fourth-order valence-electron chi connectivity index (χ4n) is 4.48. The molecule has 3 aromatic heterocycles. The SMILES string of the molecule is [C-]#[N+]c1cnc(C)nc1N[C@@H](C)c1cc2cccc(-c3cncc(S(C)(=O)=O)c3)c2c(=O)n1-c1ccccc1. The highest BCUT2D eigenvalue weighted by atomic mass is 32.2. The molecule has 3 heterocycles. The molecule has 5 rings (SSSR count). The predicted molar refractivity (Wildman–Crippen MR) is 151 cm³/mol. The minimum absolute atomic E-state index is 0.0746. The van der Waals surface area contributed by atoms with Crippen molar-refractivity contribution in [2.75, 3.05) is 11.6 Å². The third kappa shape index (κ3) is 5.00. The summed E-state index contributed by atoms with van der Waals surface area (Å²) in [7, 11) is -3.49. The van der Waals surface area contributed by atoms with Crippen LogP contribution in [-0.4, -0.2) is 34.2 Å². The summed E-state index contributed by atoms with van der Waals surface area (Å²) in [6.45, 7) is 11.1. The van der Waals surface area contributed by atoms with Gasteiger partial charge in [-0.3, -0.25) is 19.3 Å². The number of fused-ring (bicyclic) bond motifs is 1. The van der Waals surface area contributed by atoms with Gasteiger partial charge in [-0.1, -0.05) is 36.4 Å². The molecule has 0 aliphatic carbocycles. The van der Waals surface area contributed by atoms with E-state index in [4.69, 9.17) is 6.57 Å². The van der Waals surface area contributed by atoms with Crippen LogP contribution in [0.25, 0.3) is 32.4 Å². The van der Waals surface area contributed by atoms with Crippen molar-refractivity contribution in [2.24, 2.45) is 0 Å². The quantitative estimate of drug-likeness (QED) is 0.294. The van der Waals surface area contributed by atoms with Crippen LogP contribution in [0.1, 0.15) is 24.5 Å². The van der Waals surface area contributed by atoms with E-state index in [-0.39, 0.29) is 16.1 Å². The smallest absolute Gasteiger partial charge is 0.263 e. The lowest BCUT2D eigenvalue weighted by atomic mass is 9.99. The number of nitrogens with zero attached hydrogens (tertiary/aromatic N) is 5. The molecule has 0 aliphatic heterocycles. The van der Waals surface area contributed by atoms with Crippen LogP contribution in [0, 0.1) is 13.5 Å². The number of sulfone groups is 1. The number of hydrogen-bond donors (Lipinski definition) is 1. The summed E-state index contributed by atoms with van der Waals surface area (Å²) in [6, 6.07) is 17.8. The van der Waals surface area contributed by atoms with E-state index in [1.165, 1.54) is 18.5 Å². The highest BCUT2D eigenvalue weighted by Crippen LogP contribution is 2.32. The van der Waals surface area contributed by atoms with Crippen molar-refractivity contribution < 1.29 is 8.42 Å². The molecule has 194 valence electrons. The largest absolute Gasteiger partial charge is 0.371 e. The van der Waals surface area contributed by atoms with Crippen molar-refractivity contribution in [3.8, 4) is 16.8 Å². The molecule has 10 heteroatoms. The molecule has 0 bridgehead atoms. The highest BCUT2D eigenvalue weighted by molar-refractivity contribution is 7.90. The minimum Gasteiger partial charge on any atom is -0.371 e. The number of para-hydroxylation sites is 1. The number of hydrogen-bond acceptors (Lipinski definition) is 7. The number of aryl methyl sites for hydroxylation is 1. The van der Waals surface area contributed by atoms with Crippen LogP contribution >= 0.6 is 0 Å². The number of rotatable bonds is 6. The van der Waals surface area contributed by atoms with Crippen molar-refractivity contribution in [1.82, 2.24) is 19.5 Å². The number of aromatic nitrogens is 4. The summed E-state index contributed by atoms with van der Waals surface area (Å²) in [5.41, 5.74) is 2.43. The van der Waals surface area contributed by atoms with Crippen molar-refractivity contribution in [3.05, 3.63) is 113 Å². The Bertz CT molecular complexity index is 1930. The van der Waals surface area contributed by atoms with E-state index >= 15 is 0 Å². The van der Waals surface area contributed by atoms with Gasteiger partial charge in [-0.05, 0) is 49.1 Å². The van der Waals surface area contributed by atoms with Crippen molar-refractivity contribution >= 4 is 32.1 Å². The monoisotopic (exact) mass is 536 g/mol. The van der Waals surface area contributed by atoms with Crippen LogP contribution in [0.4, 0.5) is 11.5 Å². The van der Waals surface area contributed by atoms with Crippen LogP contribution in [0.5, 0.6) is 0 Å². The molecular formula is C29H24N6O3S. The molecule has 9 nitrogen and oxygen atoms in total. The first kappa shape index (κ1) is 25.8. The molecule has 0 aliphatic rings. The number of benzene rings is 2. The van der Waals surface area contributed by atoms with Gasteiger partial charge in [0.15, 0.2) is 9.84 Å². The van der Waals surface area contributed by atoms with E-state index in [1.807, 2.05) is 55.5 Å². The first-order valence-electron chi connectivity index (χ1n) is 12.0. The zero-order valence-corrected chi connectivity index (χ0v) is 22.3. The average Bonchev–Trinajstić information content (AvgIpc) is 2.93. The minimum atomic E-state index is -3.49. The van der Waals surface area contributed by atoms with E-state index < -0.39 is 15.9 Å². The lowest BCUT2D eigenvalue weighted by Gasteiger charge is -2.22. The Balaban J connectivity index is 1.76. The van der Waals surface area contributed by atoms with Crippen LogP contribution in [0.2, 0.25) is 0 Å². The lowest BCUT2D eigenvalue weighted by Crippen LogP contribution is -2.26. The van der Waals surface area contributed by atoms with Gasteiger partial charge in [-0.25, -0.2) is 18.2 Å². The molecule has 0 spiro atoms. The van der Waals surface area contributed by atoms with Gasteiger partial charge in [0.25, 0.3) is 5.56 Å². The summed E-state index contributed by atoms with van der Waals surface area (Å²) in [6.07, 6.45) is 5.44. The van der Waals surface area contributed by atoms with Crippen LogP contribution in [0.3, 0.4) is 0 Å². The van der Waals surface area contributed by atoms with Gasteiger partial charge in [0, 0.05) is 41.8 Å². The van der Waals surface area contributed by atoms with Gasteiger partial charge in [-0.15, -0.1) is 0 Å². The van der Waals surface area contributed by atoms with Gasteiger partial charge in [0.2, 0.25) is 5.69 Å². The number of pyridine rings is 2. The second kappa shape index (κ2) is 10.1. The molecule has 5 aromatic rings. The molecule has 39 heavy (non-hydrogen) atoms. The Labute approximate surface area is 225 Å². The third-order valence-electron chi connectivity index (χ3n) is 6.35. The van der Waals surface area contributed by atoms with E-state index in [0.717, 1.165) is 6.26 Å². The first-order valence-corrected chi connectivity index (χ1v) is 13.9. The van der Waals surface area contributed by atoms with Gasteiger partial charge in [0.1, 0.15) is 11.6 Å². The molecule has 0 radical (unpaired) electrons. The van der Waals surface area contributed by atoms with Crippen LogP contribution in [-0.2, 0) is 9.84 Å². The number of nitrogens with one attached hydrogen (secondary N) is 1. The molecule has 0 unspecified atom stereocenters. The Morgan fingerprint density at radius 1 is 1.03 bits per heavy atom. The topological polar surface area (TPSA) is 111 Å². The van der Waals surface area contributed by atoms with E-state index in [2.05, 4.69) is 25.1 Å². The Kier molecular flexibility index (Phi) is 6.68. The maximum atomic E-state index is 14.3. The highest BCUT2D eigenvalue weighted by Gasteiger charge is 2.20. The zero-order chi connectivity index (χ0) is 27.7. The maximum absolute atomic E-state index is 14.3. The zero-order valence-electron chi connectivity index (χ0n) is 21.5. The summed E-state index contributed by atoms with van der Waals surface area (Å²) in [5.74, 6) is 0.903. The van der Waals surface area contributed by atoms with E-state index in [0.29, 0.717) is 44.9 Å². The molecule has 0 amide bonds. The van der Waals surface area contributed by atoms with Gasteiger partial charge >= 0.3 is 0 Å². The standard InChI is InChI=1S/C29H24N6O3S/c1-18(33-28-25(30-3)17-32-19(2)34-28)26-14-20-9-8-12-24(21-13-23(16-31-15-21)39(4,37)38)27(20)29(36)35(26)22-10-6-5-7-11-22/h5-18H,1-2,4H3,(H,32,33,34)/t18-/m0/s1. The fourth-order valence-corrected chi connectivity index (χ4v) is 5.08. The predicted octanol–water partition coefficient (Wildman–Crippen LogP) is 5.28. The third-order valence-corrected chi connectivity index (χ3v) is 7.43. The van der Waals surface area contributed by atoms with Crippen molar-refractivity contribution in [1.29, 1.82) is 0 Å². The normalized spacial score (nSPS) is 12.2. The molecule has 2 aromatic carbocycles. The second-order valence-electron chi connectivity index (χ2n) is 9.13. The van der Waals surface area contributed by atoms with Gasteiger partial charge < -0.3 is 5.32 Å². The molecule has 0 saturated carbocycles. The second-order valence-corrected chi connectivity index (χ2v) is 11.1. The van der Waals surface area contributed by atoms with Crippen molar-refractivity contribution in [2.45, 2.75) is 24.8 Å². The lowest BCUT2D eigenvalue weighted by molar-refractivity contribution is 0.601. The molecular weight excluding hydrogens is 512 g/mol. The Morgan fingerprint density at radius 3 is 2.51 bits per heavy atom. The Hall–Kier alpha value is -4.88. The van der Waals surface area contributed by atoms with Gasteiger partial charge in [-0.2, -0.15) is 0 Å². The molecule has 1 atom stereocenters. The molecule has 0 fully saturated rings. The van der Waals surface area contributed by atoms with Gasteiger partial charge in [0.05, 0.1) is 22.9 Å². The first-order chi connectivity index (χ1) is 18.7. The fraction of sp³-hybridized carbons (Fsp3) is 0.138.